The predicted octanol–water partition coefficient (Wildman–Crippen LogP) is 12.9. The van der Waals surface area contributed by atoms with Gasteiger partial charge in [-0.3, -0.25) is 9.97 Å². The SMILES string of the molecule is c1ccc(-c2ccc3c(c2)N2c4cc(-c5ccccn5)ccc4C4(c5ccccc5Oc5ccccc54)c4cccc(c42)C32c3ccccc3Oc3ccccc32)nc1. The molecule has 2 spiro atoms. The molecule has 59 heavy (non-hydrogen) atoms. The Morgan fingerprint density at radius 3 is 1.10 bits per heavy atom. The van der Waals surface area contributed by atoms with Gasteiger partial charge in [0, 0.05) is 45.8 Å². The molecule has 2 aromatic heterocycles. The number of anilines is 3. The van der Waals surface area contributed by atoms with E-state index >= 15 is 0 Å². The lowest BCUT2D eigenvalue weighted by atomic mass is 9.56. The van der Waals surface area contributed by atoms with Crippen LogP contribution in [-0.2, 0) is 10.8 Å². The predicted molar refractivity (Wildman–Crippen MR) is 231 cm³/mol. The maximum Gasteiger partial charge on any atom is 0.132 e. The van der Waals surface area contributed by atoms with Gasteiger partial charge in [0.1, 0.15) is 23.0 Å². The van der Waals surface area contributed by atoms with Crippen LogP contribution in [0.25, 0.3) is 22.5 Å². The number of fused-ring (bicyclic) bond motifs is 16. The van der Waals surface area contributed by atoms with E-state index in [0.29, 0.717) is 0 Å². The molecular weight excluding hydrogens is 723 g/mol. The number of pyridine rings is 2. The Morgan fingerprint density at radius 1 is 0.339 bits per heavy atom. The molecule has 6 heterocycles. The molecule has 276 valence electrons. The van der Waals surface area contributed by atoms with Crippen LogP contribution in [0.4, 0.5) is 17.1 Å². The van der Waals surface area contributed by atoms with E-state index in [2.05, 4.69) is 181 Å². The van der Waals surface area contributed by atoms with Crippen LogP contribution in [0.3, 0.4) is 0 Å². The maximum absolute atomic E-state index is 6.80. The third-order valence-electron chi connectivity index (χ3n) is 12.9. The van der Waals surface area contributed by atoms with Gasteiger partial charge in [-0.2, -0.15) is 0 Å². The standard InChI is InChI=1S/C54H33N3O2/c1-5-22-48-38(14-1)53(39-15-2-6-23-49(39)58-48)36-28-26-34(44-20-9-11-30-55-44)32-46(36)57-47-33-35(45-21-10-12-31-56-45)27-29-37(47)54(43-19-13-18-42(53)52(43)57)40-16-3-7-24-50(40)59-51-25-8-4-17-41(51)54/h1-33H. The molecule has 0 amide bonds. The summed E-state index contributed by atoms with van der Waals surface area (Å²) in [4.78, 5) is 12.2. The van der Waals surface area contributed by atoms with Crippen LogP contribution < -0.4 is 14.4 Å². The molecule has 7 aromatic carbocycles. The molecule has 4 aliphatic heterocycles. The fraction of sp³-hybridized carbons (Fsp3) is 0.0370. The third kappa shape index (κ3) is 4.13. The van der Waals surface area contributed by atoms with Crippen LogP contribution in [0, 0.1) is 0 Å². The van der Waals surface area contributed by atoms with E-state index in [1.54, 1.807) is 0 Å². The highest BCUT2D eigenvalue weighted by Gasteiger charge is 2.58. The summed E-state index contributed by atoms with van der Waals surface area (Å²) in [5.74, 6) is 3.40. The smallest absolute Gasteiger partial charge is 0.132 e. The van der Waals surface area contributed by atoms with E-state index in [-0.39, 0.29) is 0 Å². The summed E-state index contributed by atoms with van der Waals surface area (Å²) in [6, 6.07) is 67.3. The van der Waals surface area contributed by atoms with Crippen LogP contribution >= 0.6 is 0 Å². The van der Waals surface area contributed by atoms with Crippen molar-refractivity contribution >= 4 is 17.1 Å². The van der Waals surface area contributed by atoms with Gasteiger partial charge in [-0.25, -0.2) is 0 Å². The monoisotopic (exact) mass is 755 g/mol. The Hall–Kier alpha value is -7.76. The second kappa shape index (κ2) is 11.9. The first kappa shape index (κ1) is 32.3. The van der Waals surface area contributed by atoms with Crippen LogP contribution in [-0.4, -0.2) is 9.97 Å². The fourth-order valence-electron chi connectivity index (χ4n) is 10.7. The van der Waals surface area contributed by atoms with Crippen LogP contribution in [0.15, 0.2) is 200 Å². The van der Waals surface area contributed by atoms with Gasteiger partial charge >= 0.3 is 0 Å². The highest BCUT2D eigenvalue weighted by molar-refractivity contribution is 6.00. The number of benzene rings is 7. The first-order valence-electron chi connectivity index (χ1n) is 20.1. The van der Waals surface area contributed by atoms with E-state index in [9.17, 15) is 0 Å². The lowest BCUT2D eigenvalue weighted by Crippen LogP contribution is -2.45. The highest BCUT2D eigenvalue weighted by atomic mass is 16.5. The summed E-state index contributed by atoms with van der Waals surface area (Å²) < 4.78 is 13.6. The summed E-state index contributed by atoms with van der Waals surface area (Å²) in [5.41, 5.74) is 14.9. The third-order valence-corrected chi connectivity index (χ3v) is 12.9. The number of hydrogen-bond donors (Lipinski definition) is 0. The average molecular weight is 756 g/mol. The van der Waals surface area contributed by atoms with Gasteiger partial charge in [-0.1, -0.05) is 127 Å². The van der Waals surface area contributed by atoms with Gasteiger partial charge in [0.05, 0.1) is 39.3 Å². The second-order valence-electron chi connectivity index (χ2n) is 15.6. The number of ether oxygens (including phenoxy) is 2. The van der Waals surface area contributed by atoms with Crippen LogP contribution in [0.2, 0.25) is 0 Å². The fourth-order valence-corrected chi connectivity index (χ4v) is 10.7. The molecule has 0 unspecified atom stereocenters. The molecule has 5 nitrogen and oxygen atoms in total. The number of nitrogens with zero attached hydrogens (tertiary/aromatic N) is 3. The van der Waals surface area contributed by atoms with Crippen molar-refractivity contribution < 1.29 is 9.47 Å². The minimum Gasteiger partial charge on any atom is -0.457 e. The van der Waals surface area contributed by atoms with Crippen molar-refractivity contribution in [3.63, 3.8) is 0 Å². The van der Waals surface area contributed by atoms with Crippen molar-refractivity contribution in [2.24, 2.45) is 0 Å². The average Bonchev–Trinajstić information content (AvgIpc) is 3.31. The van der Waals surface area contributed by atoms with Crippen molar-refractivity contribution in [3.05, 3.63) is 245 Å². The topological polar surface area (TPSA) is 47.5 Å². The summed E-state index contributed by atoms with van der Waals surface area (Å²) in [6.45, 7) is 0. The van der Waals surface area contributed by atoms with Gasteiger partial charge in [0.25, 0.3) is 0 Å². The van der Waals surface area contributed by atoms with Crippen molar-refractivity contribution in [1.29, 1.82) is 0 Å². The molecule has 13 rings (SSSR count). The Bertz CT molecular complexity index is 2890. The van der Waals surface area contributed by atoms with E-state index in [4.69, 9.17) is 19.4 Å². The number of hydrogen-bond acceptors (Lipinski definition) is 5. The minimum atomic E-state index is -0.743. The zero-order valence-electron chi connectivity index (χ0n) is 31.7. The molecule has 9 aromatic rings. The quantitative estimate of drug-likeness (QED) is 0.176. The summed E-state index contributed by atoms with van der Waals surface area (Å²) in [6.07, 6.45) is 3.74. The van der Waals surface area contributed by atoms with Gasteiger partial charge < -0.3 is 14.4 Å². The number of aromatic nitrogens is 2. The van der Waals surface area contributed by atoms with Crippen LogP contribution in [0.5, 0.6) is 23.0 Å². The Balaban J connectivity index is 1.25. The number of rotatable bonds is 2. The minimum absolute atomic E-state index is 0.743. The molecule has 0 aliphatic carbocycles. The normalized spacial score (nSPS) is 14.9. The molecule has 0 N–H and O–H groups in total. The first-order chi connectivity index (χ1) is 29.3. The van der Waals surface area contributed by atoms with Gasteiger partial charge in [-0.15, -0.1) is 0 Å². The van der Waals surface area contributed by atoms with E-state index < -0.39 is 10.8 Å². The summed E-state index contributed by atoms with van der Waals surface area (Å²) >= 11 is 0. The molecule has 0 bridgehead atoms. The van der Waals surface area contributed by atoms with Gasteiger partial charge in [0.2, 0.25) is 0 Å². The van der Waals surface area contributed by atoms with E-state index in [1.165, 1.54) is 22.3 Å². The van der Waals surface area contributed by atoms with Crippen molar-refractivity contribution in [3.8, 4) is 45.5 Å². The van der Waals surface area contributed by atoms with E-state index in [1.807, 2.05) is 24.5 Å². The summed E-state index contributed by atoms with van der Waals surface area (Å²) in [7, 11) is 0. The second-order valence-corrected chi connectivity index (χ2v) is 15.6. The first-order valence-corrected chi connectivity index (χ1v) is 20.1. The Morgan fingerprint density at radius 2 is 0.712 bits per heavy atom. The molecule has 4 aliphatic rings. The van der Waals surface area contributed by atoms with Crippen molar-refractivity contribution in [1.82, 2.24) is 9.97 Å². The zero-order valence-corrected chi connectivity index (χ0v) is 31.7. The van der Waals surface area contributed by atoms with Gasteiger partial charge in [0.15, 0.2) is 0 Å². The molecule has 0 saturated heterocycles. The maximum atomic E-state index is 6.80. The molecular formula is C54H33N3O2. The number of para-hydroxylation sites is 5. The van der Waals surface area contributed by atoms with Crippen molar-refractivity contribution in [2.45, 2.75) is 10.8 Å². The van der Waals surface area contributed by atoms with Gasteiger partial charge in [-0.05, 0) is 82.9 Å². The molecule has 5 heteroatoms. The highest BCUT2D eigenvalue weighted by Crippen LogP contribution is 2.70. The largest absolute Gasteiger partial charge is 0.457 e. The Labute approximate surface area is 341 Å². The lowest BCUT2D eigenvalue weighted by Gasteiger charge is -2.54. The van der Waals surface area contributed by atoms with Crippen LogP contribution in [0.1, 0.15) is 44.5 Å². The molecule has 0 atom stereocenters. The molecule has 0 radical (unpaired) electrons. The molecule has 0 saturated carbocycles. The van der Waals surface area contributed by atoms with Crippen molar-refractivity contribution in [2.75, 3.05) is 4.90 Å². The van der Waals surface area contributed by atoms with E-state index in [0.717, 1.165) is 84.8 Å². The summed E-state index contributed by atoms with van der Waals surface area (Å²) in [5, 5.41) is 0. The Kier molecular flexibility index (Phi) is 6.51. The zero-order chi connectivity index (χ0) is 38.7. The molecule has 0 fully saturated rings. The lowest BCUT2D eigenvalue weighted by molar-refractivity contribution is 0.430.